The van der Waals surface area contributed by atoms with Crippen molar-refractivity contribution in [3.8, 4) is 0 Å². The molecule has 1 aliphatic rings. The molecule has 4 N–H and O–H groups in total. The number of aliphatic hydroxyl groups excluding tert-OH is 1. The van der Waals surface area contributed by atoms with Crippen molar-refractivity contribution in [2.75, 3.05) is 13.2 Å². The number of benzene rings is 1. The fourth-order valence-corrected chi connectivity index (χ4v) is 3.15. The van der Waals surface area contributed by atoms with Gasteiger partial charge in [-0.1, -0.05) is 30.2 Å². The van der Waals surface area contributed by atoms with Crippen LogP contribution in [0.25, 0.3) is 0 Å². The van der Waals surface area contributed by atoms with E-state index in [-0.39, 0.29) is 12.6 Å². The molecule has 0 heterocycles. The molecule has 0 aromatic heterocycles. The van der Waals surface area contributed by atoms with Crippen LogP contribution in [0, 0.1) is 19.8 Å². The molecule has 0 bridgehead atoms. The van der Waals surface area contributed by atoms with Gasteiger partial charge in [-0.25, -0.2) is 0 Å². The van der Waals surface area contributed by atoms with Gasteiger partial charge in [-0.05, 0) is 43.7 Å². The van der Waals surface area contributed by atoms with Crippen molar-refractivity contribution < 1.29 is 5.11 Å². The molecule has 1 aromatic rings. The molecular formula is C16H26N2O. The van der Waals surface area contributed by atoms with Crippen LogP contribution < -0.4 is 11.1 Å². The van der Waals surface area contributed by atoms with E-state index < -0.39 is 0 Å². The lowest BCUT2D eigenvalue weighted by atomic mass is 9.96. The Morgan fingerprint density at radius 2 is 2.16 bits per heavy atom. The quantitative estimate of drug-likeness (QED) is 0.761. The summed E-state index contributed by atoms with van der Waals surface area (Å²) in [4.78, 5) is 0. The molecule has 0 saturated heterocycles. The Bertz CT molecular complexity index is 419. The maximum atomic E-state index is 9.42. The van der Waals surface area contributed by atoms with Crippen molar-refractivity contribution in [2.24, 2.45) is 11.7 Å². The first-order valence-electron chi connectivity index (χ1n) is 7.29. The summed E-state index contributed by atoms with van der Waals surface area (Å²) >= 11 is 0. The number of aryl methyl sites for hydroxylation is 2. The second-order valence-corrected chi connectivity index (χ2v) is 5.80. The van der Waals surface area contributed by atoms with E-state index in [9.17, 15) is 5.11 Å². The molecule has 2 rings (SSSR count). The van der Waals surface area contributed by atoms with Gasteiger partial charge in [0, 0.05) is 25.2 Å². The number of hydrogen-bond donors (Lipinski definition) is 3. The van der Waals surface area contributed by atoms with Crippen molar-refractivity contribution in [2.45, 2.75) is 45.2 Å². The van der Waals surface area contributed by atoms with Gasteiger partial charge in [0.15, 0.2) is 0 Å². The highest BCUT2D eigenvalue weighted by Crippen LogP contribution is 2.28. The predicted octanol–water partition coefficient (Wildman–Crippen LogP) is 2.05. The third-order valence-corrected chi connectivity index (χ3v) is 4.35. The second kappa shape index (κ2) is 6.51. The van der Waals surface area contributed by atoms with Gasteiger partial charge in [0.05, 0.1) is 0 Å². The smallest absolute Gasteiger partial charge is 0.0474 e. The zero-order valence-electron chi connectivity index (χ0n) is 12.0. The first-order chi connectivity index (χ1) is 9.15. The molecular weight excluding hydrogens is 236 g/mol. The van der Waals surface area contributed by atoms with Crippen LogP contribution in [0.4, 0.5) is 0 Å². The Labute approximate surface area is 116 Å². The van der Waals surface area contributed by atoms with Crippen LogP contribution in [0.1, 0.15) is 42.0 Å². The normalized spacial score (nSPS) is 24.6. The van der Waals surface area contributed by atoms with Gasteiger partial charge >= 0.3 is 0 Å². The van der Waals surface area contributed by atoms with Gasteiger partial charge in [-0.15, -0.1) is 0 Å². The Balaban J connectivity index is 2.13. The molecule has 0 amide bonds. The molecule has 3 nitrogen and oxygen atoms in total. The Hall–Kier alpha value is -0.900. The molecule has 1 fully saturated rings. The van der Waals surface area contributed by atoms with E-state index in [1.54, 1.807) is 0 Å². The van der Waals surface area contributed by atoms with Gasteiger partial charge in [-0.3, -0.25) is 0 Å². The van der Waals surface area contributed by atoms with Crippen LogP contribution in [-0.2, 0) is 0 Å². The maximum Gasteiger partial charge on any atom is 0.0474 e. The Kier molecular flexibility index (Phi) is 4.97. The predicted molar refractivity (Wildman–Crippen MR) is 79.1 cm³/mol. The van der Waals surface area contributed by atoms with E-state index in [1.807, 2.05) is 0 Å². The van der Waals surface area contributed by atoms with Crippen molar-refractivity contribution in [3.05, 3.63) is 34.9 Å². The lowest BCUT2D eigenvalue weighted by molar-refractivity contribution is 0.199. The highest BCUT2D eigenvalue weighted by molar-refractivity contribution is 5.33. The fraction of sp³-hybridized carbons (Fsp3) is 0.625. The second-order valence-electron chi connectivity index (χ2n) is 5.80. The lowest BCUT2D eigenvalue weighted by Gasteiger charge is -2.27. The average Bonchev–Trinajstić information content (AvgIpc) is 2.86. The monoisotopic (exact) mass is 262 g/mol. The lowest BCUT2D eigenvalue weighted by Crippen LogP contribution is -2.40. The summed E-state index contributed by atoms with van der Waals surface area (Å²) in [7, 11) is 0. The molecule has 1 aromatic carbocycles. The van der Waals surface area contributed by atoms with E-state index in [0.717, 1.165) is 12.8 Å². The Morgan fingerprint density at radius 3 is 2.84 bits per heavy atom. The van der Waals surface area contributed by atoms with Crippen LogP contribution in [0.5, 0.6) is 0 Å². The highest BCUT2D eigenvalue weighted by Gasteiger charge is 2.28. The van der Waals surface area contributed by atoms with E-state index in [2.05, 4.69) is 37.4 Å². The molecule has 0 aliphatic heterocycles. The van der Waals surface area contributed by atoms with Crippen LogP contribution in [-0.4, -0.2) is 24.3 Å². The number of nitrogens with one attached hydrogen (secondary N) is 1. The van der Waals surface area contributed by atoms with Crippen LogP contribution >= 0.6 is 0 Å². The van der Waals surface area contributed by atoms with E-state index in [4.69, 9.17) is 5.73 Å². The molecule has 1 aliphatic carbocycles. The largest absolute Gasteiger partial charge is 0.396 e. The summed E-state index contributed by atoms with van der Waals surface area (Å²) in [6.07, 6.45) is 3.47. The van der Waals surface area contributed by atoms with Gasteiger partial charge in [0.25, 0.3) is 0 Å². The third-order valence-electron chi connectivity index (χ3n) is 4.35. The summed E-state index contributed by atoms with van der Waals surface area (Å²) < 4.78 is 0. The first kappa shape index (κ1) is 14.5. The summed E-state index contributed by atoms with van der Waals surface area (Å²) in [5.41, 5.74) is 9.81. The van der Waals surface area contributed by atoms with Crippen LogP contribution in [0.3, 0.4) is 0 Å². The van der Waals surface area contributed by atoms with Crippen molar-refractivity contribution >= 4 is 0 Å². The topological polar surface area (TPSA) is 58.3 Å². The number of nitrogens with two attached hydrogens (primary N) is 1. The Morgan fingerprint density at radius 1 is 1.37 bits per heavy atom. The summed E-state index contributed by atoms with van der Waals surface area (Å²) in [5.74, 6) is 0.388. The van der Waals surface area contributed by atoms with Crippen molar-refractivity contribution in [1.29, 1.82) is 0 Å². The van der Waals surface area contributed by atoms with Gasteiger partial charge < -0.3 is 16.2 Å². The molecule has 19 heavy (non-hydrogen) atoms. The highest BCUT2D eigenvalue weighted by atomic mass is 16.3. The zero-order chi connectivity index (χ0) is 13.8. The number of rotatable bonds is 5. The number of hydrogen-bond acceptors (Lipinski definition) is 3. The maximum absolute atomic E-state index is 9.42. The van der Waals surface area contributed by atoms with Gasteiger partial charge in [-0.2, -0.15) is 0 Å². The van der Waals surface area contributed by atoms with Crippen molar-refractivity contribution in [1.82, 2.24) is 5.32 Å². The first-order valence-corrected chi connectivity index (χ1v) is 7.29. The summed E-state index contributed by atoms with van der Waals surface area (Å²) in [6, 6.07) is 7.12. The van der Waals surface area contributed by atoms with Crippen molar-refractivity contribution in [3.63, 3.8) is 0 Å². The number of aliphatic hydroxyl groups is 1. The average molecular weight is 262 g/mol. The fourth-order valence-electron chi connectivity index (χ4n) is 3.15. The zero-order valence-corrected chi connectivity index (χ0v) is 12.0. The summed E-state index contributed by atoms with van der Waals surface area (Å²) in [6.45, 7) is 5.13. The van der Waals surface area contributed by atoms with Crippen LogP contribution in [0.15, 0.2) is 18.2 Å². The standard InChI is InChI=1S/C16H26N2O/c1-11-6-7-12(2)14(8-11)16(9-17)18-15-5-3-4-13(15)10-19/h6-8,13,15-16,18-19H,3-5,9-10,17H2,1-2H3. The summed E-state index contributed by atoms with van der Waals surface area (Å²) in [5, 5.41) is 13.1. The molecule has 1 saturated carbocycles. The van der Waals surface area contributed by atoms with E-state index >= 15 is 0 Å². The molecule has 3 unspecified atom stereocenters. The minimum absolute atomic E-state index is 0.192. The molecule has 0 spiro atoms. The van der Waals surface area contributed by atoms with Crippen LogP contribution in [0.2, 0.25) is 0 Å². The minimum atomic E-state index is 0.192. The SMILES string of the molecule is Cc1ccc(C)c(C(CN)NC2CCCC2CO)c1. The van der Waals surface area contributed by atoms with Gasteiger partial charge in [0.2, 0.25) is 0 Å². The molecule has 3 atom stereocenters. The third kappa shape index (κ3) is 3.35. The minimum Gasteiger partial charge on any atom is -0.396 e. The molecule has 0 radical (unpaired) electrons. The van der Waals surface area contributed by atoms with E-state index in [0.29, 0.717) is 18.5 Å². The van der Waals surface area contributed by atoms with E-state index in [1.165, 1.54) is 23.1 Å². The van der Waals surface area contributed by atoms with Gasteiger partial charge in [0.1, 0.15) is 0 Å². The molecule has 106 valence electrons. The molecule has 3 heteroatoms.